The third-order valence-corrected chi connectivity index (χ3v) is 3.16. The zero-order valence-electron chi connectivity index (χ0n) is 10.7. The van der Waals surface area contributed by atoms with Gasteiger partial charge in [-0.25, -0.2) is 9.50 Å². The Kier molecular flexibility index (Phi) is 3.43. The molecular weight excluding hydrogens is 276 g/mol. The standard InChI is InChI=1S/C14H13ClN4O/c15-11-8-14-17-13(18-19(14)9-12(11)16)6-7-20-10-4-2-1-3-5-10/h1-5,8-9H,6-7,16H2. The smallest absolute Gasteiger partial charge is 0.157 e. The van der Waals surface area contributed by atoms with Crippen LogP contribution in [0.5, 0.6) is 5.75 Å². The van der Waals surface area contributed by atoms with Crippen molar-refractivity contribution in [2.75, 3.05) is 12.3 Å². The Labute approximate surface area is 121 Å². The average molecular weight is 289 g/mol. The number of nitrogens with two attached hydrogens (primary N) is 1. The molecule has 0 aliphatic rings. The summed E-state index contributed by atoms with van der Waals surface area (Å²) in [4.78, 5) is 4.38. The molecule has 1 aromatic carbocycles. The second kappa shape index (κ2) is 5.38. The fourth-order valence-corrected chi connectivity index (χ4v) is 1.99. The minimum absolute atomic E-state index is 0.483. The summed E-state index contributed by atoms with van der Waals surface area (Å²) in [6, 6.07) is 11.3. The average Bonchev–Trinajstić information content (AvgIpc) is 2.82. The summed E-state index contributed by atoms with van der Waals surface area (Å²) in [6.45, 7) is 0.518. The van der Waals surface area contributed by atoms with Crippen molar-refractivity contribution in [3.05, 3.63) is 53.4 Å². The second-order valence-electron chi connectivity index (χ2n) is 4.32. The molecule has 20 heavy (non-hydrogen) atoms. The van der Waals surface area contributed by atoms with Gasteiger partial charge in [-0.05, 0) is 12.1 Å². The maximum Gasteiger partial charge on any atom is 0.157 e. The Bertz CT molecular complexity index is 688. The monoisotopic (exact) mass is 288 g/mol. The van der Waals surface area contributed by atoms with Crippen LogP contribution < -0.4 is 10.5 Å². The van der Waals surface area contributed by atoms with Gasteiger partial charge in [0.2, 0.25) is 0 Å². The van der Waals surface area contributed by atoms with Crippen molar-refractivity contribution in [1.82, 2.24) is 14.6 Å². The van der Waals surface area contributed by atoms with Crippen LogP contribution in [0.15, 0.2) is 42.6 Å². The number of nitrogen functional groups attached to an aromatic ring is 1. The molecule has 2 aromatic heterocycles. The van der Waals surface area contributed by atoms with E-state index in [0.29, 0.717) is 35.2 Å². The van der Waals surface area contributed by atoms with E-state index < -0.39 is 0 Å². The summed E-state index contributed by atoms with van der Waals surface area (Å²) >= 11 is 5.95. The molecule has 0 saturated heterocycles. The summed E-state index contributed by atoms with van der Waals surface area (Å²) in [7, 11) is 0. The lowest BCUT2D eigenvalue weighted by Gasteiger charge is -2.03. The van der Waals surface area contributed by atoms with Gasteiger partial charge in [0.15, 0.2) is 11.5 Å². The first-order chi connectivity index (χ1) is 9.72. The van der Waals surface area contributed by atoms with E-state index in [1.807, 2.05) is 30.3 Å². The van der Waals surface area contributed by atoms with Gasteiger partial charge in [-0.2, -0.15) is 5.10 Å². The molecule has 3 rings (SSSR count). The molecule has 6 heteroatoms. The van der Waals surface area contributed by atoms with Crippen molar-refractivity contribution in [2.24, 2.45) is 0 Å². The number of hydrogen-bond donors (Lipinski definition) is 1. The first-order valence-corrected chi connectivity index (χ1v) is 6.58. The number of pyridine rings is 1. The molecule has 2 N–H and O–H groups in total. The molecule has 0 amide bonds. The highest BCUT2D eigenvalue weighted by Gasteiger charge is 2.06. The fourth-order valence-electron chi connectivity index (χ4n) is 1.85. The molecule has 0 unspecified atom stereocenters. The molecule has 0 atom stereocenters. The lowest BCUT2D eigenvalue weighted by molar-refractivity contribution is 0.319. The minimum atomic E-state index is 0.483. The summed E-state index contributed by atoms with van der Waals surface area (Å²) in [6.07, 6.45) is 2.28. The number of benzene rings is 1. The number of rotatable bonds is 4. The normalized spacial score (nSPS) is 10.8. The van der Waals surface area contributed by atoms with Gasteiger partial charge in [-0.1, -0.05) is 29.8 Å². The van der Waals surface area contributed by atoms with Crippen LogP contribution in [0.3, 0.4) is 0 Å². The van der Waals surface area contributed by atoms with Crippen LogP contribution >= 0.6 is 11.6 Å². The van der Waals surface area contributed by atoms with E-state index >= 15 is 0 Å². The molecular formula is C14H13ClN4O. The minimum Gasteiger partial charge on any atom is -0.493 e. The highest BCUT2D eigenvalue weighted by atomic mass is 35.5. The number of aromatic nitrogens is 3. The van der Waals surface area contributed by atoms with E-state index in [1.54, 1.807) is 16.8 Å². The Balaban J connectivity index is 1.69. The molecule has 0 spiro atoms. The summed E-state index contributed by atoms with van der Waals surface area (Å²) < 4.78 is 7.24. The number of hydrogen-bond acceptors (Lipinski definition) is 4. The van der Waals surface area contributed by atoms with E-state index in [9.17, 15) is 0 Å². The predicted octanol–water partition coefficient (Wildman–Crippen LogP) is 2.59. The summed E-state index contributed by atoms with van der Waals surface area (Å²) in [5, 5.41) is 4.82. The van der Waals surface area contributed by atoms with Crippen LogP contribution in [0.25, 0.3) is 5.65 Å². The van der Waals surface area contributed by atoms with Gasteiger partial charge < -0.3 is 10.5 Å². The number of para-hydroxylation sites is 1. The number of fused-ring (bicyclic) bond motifs is 1. The van der Waals surface area contributed by atoms with Crippen LogP contribution in [-0.2, 0) is 6.42 Å². The van der Waals surface area contributed by atoms with Gasteiger partial charge in [-0.3, -0.25) is 0 Å². The van der Waals surface area contributed by atoms with E-state index in [4.69, 9.17) is 22.1 Å². The van der Waals surface area contributed by atoms with Crippen molar-refractivity contribution in [2.45, 2.75) is 6.42 Å². The van der Waals surface area contributed by atoms with Gasteiger partial charge in [-0.15, -0.1) is 0 Å². The van der Waals surface area contributed by atoms with Crippen molar-refractivity contribution in [3.8, 4) is 5.75 Å². The highest BCUT2D eigenvalue weighted by Crippen LogP contribution is 2.19. The fraction of sp³-hybridized carbons (Fsp3) is 0.143. The van der Waals surface area contributed by atoms with Gasteiger partial charge >= 0.3 is 0 Å². The van der Waals surface area contributed by atoms with Crippen LogP contribution in [0.2, 0.25) is 5.02 Å². The summed E-state index contributed by atoms with van der Waals surface area (Å²) in [5.74, 6) is 1.53. The molecule has 0 radical (unpaired) electrons. The zero-order valence-corrected chi connectivity index (χ0v) is 11.4. The molecule has 3 aromatic rings. The van der Waals surface area contributed by atoms with Crippen LogP contribution in [0, 0.1) is 0 Å². The maximum absolute atomic E-state index is 5.95. The largest absolute Gasteiger partial charge is 0.493 e. The first kappa shape index (κ1) is 12.7. The molecule has 102 valence electrons. The van der Waals surface area contributed by atoms with E-state index in [1.165, 1.54) is 0 Å². The Hall–Kier alpha value is -2.27. The van der Waals surface area contributed by atoms with Crippen molar-refractivity contribution < 1.29 is 4.74 Å². The third kappa shape index (κ3) is 2.67. The van der Waals surface area contributed by atoms with E-state index in [-0.39, 0.29) is 0 Å². The van der Waals surface area contributed by atoms with Gasteiger partial charge in [0.1, 0.15) is 5.75 Å². The number of nitrogens with zero attached hydrogens (tertiary/aromatic N) is 3. The molecule has 0 bridgehead atoms. The molecule has 0 aliphatic carbocycles. The zero-order chi connectivity index (χ0) is 13.9. The Morgan fingerprint density at radius 3 is 2.85 bits per heavy atom. The topological polar surface area (TPSA) is 65.4 Å². The number of halogens is 1. The van der Waals surface area contributed by atoms with Crippen molar-refractivity contribution in [1.29, 1.82) is 0 Å². The third-order valence-electron chi connectivity index (χ3n) is 2.83. The molecule has 0 saturated carbocycles. The number of ether oxygens (including phenoxy) is 1. The van der Waals surface area contributed by atoms with Crippen molar-refractivity contribution >= 4 is 22.9 Å². The quantitative estimate of drug-likeness (QED) is 0.801. The van der Waals surface area contributed by atoms with Crippen LogP contribution in [0.1, 0.15) is 5.82 Å². The highest BCUT2D eigenvalue weighted by molar-refractivity contribution is 6.33. The lowest BCUT2D eigenvalue weighted by Crippen LogP contribution is -2.02. The van der Waals surface area contributed by atoms with E-state index in [0.717, 1.165) is 5.75 Å². The van der Waals surface area contributed by atoms with Crippen molar-refractivity contribution in [3.63, 3.8) is 0 Å². The van der Waals surface area contributed by atoms with Crippen LogP contribution in [-0.4, -0.2) is 21.2 Å². The first-order valence-electron chi connectivity index (χ1n) is 6.20. The molecule has 0 aliphatic heterocycles. The lowest BCUT2D eigenvalue weighted by atomic mass is 10.3. The maximum atomic E-state index is 5.95. The summed E-state index contributed by atoms with van der Waals surface area (Å²) in [5.41, 5.74) is 6.89. The Morgan fingerprint density at radius 2 is 2.05 bits per heavy atom. The Morgan fingerprint density at radius 1 is 1.25 bits per heavy atom. The molecule has 5 nitrogen and oxygen atoms in total. The number of anilines is 1. The molecule has 2 heterocycles. The van der Waals surface area contributed by atoms with Gasteiger partial charge in [0, 0.05) is 12.5 Å². The van der Waals surface area contributed by atoms with Gasteiger partial charge in [0.25, 0.3) is 0 Å². The van der Waals surface area contributed by atoms with E-state index in [2.05, 4.69) is 10.1 Å². The predicted molar refractivity (Wildman–Crippen MR) is 78.1 cm³/mol. The molecule has 0 fully saturated rings. The SMILES string of the molecule is Nc1cn2nc(CCOc3ccccc3)nc2cc1Cl. The second-order valence-corrected chi connectivity index (χ2v) is 4.73. The van der Waals surface area contributed by atoms with Gasteiger partial charge in [0.05, 0.1) is 23.5 Å². The van der Waals surface area contributed by atoms with Crippen LogP contribution in [0.4, 0.5) is 5.69 Å².